The van der Waals surface area contributed by atoms with Crippen LogP contribution in [-0.4, -0.2) is 42.4 Å². The van der Waals surface area contributed by atoms with E-state index in [1.165, 1.54) is 0 Å². The van der Waals surface area contributed by atoms with E-state index in [9.17, 15) is 14.4 Å². The van der Waals surface area contributed by atoms with E-state index in [0.717, 1.165) is 25.9 Å². The molecule has 0 aromatic heterocycles. The number of hydrogen-bond donors (Lipinski definition) is 1. The van der Waals surface area contributed by atoms with Crippen molar-refractivity contribution < 1.29 is 19.1 Å². The van der Waals surface area contributed by atoms with Crippen LogP contribution in [0.25, 0.3) is 0 Å². The van der Waals surface area contributed by atoms with E-state index in [1.807, 2.05) is 4.90 Å². The number of para-hydroxylation sites is 1. The van der Waals surface area contributed by atoms with Crippen molar-refractivity contribution in [2.45, 2.75) is 19.8 Å². The first kappa shape index (κ1) is 18.6. The van der Waals surface area contributed by atoms with Crippen molar-refractivity contribution in [3.8, 4) is 0 Å². The number of hydrogen-bond acceptors (Lipinski definition) is 4. The average Bonchev–Trinajstić information content (AvgIpc) is 3.23. The topological polar surface area (TPSA) is 75.7 Å². The van der Waals surface area contributed by atoms with Crippen molar-refractivity contribution in [1.82, 2.24) is 4.90 Å². The number of nitrogens with zero attached hydrogens (tertiary/aromatic N) is 1. The monoisotopic (exact) mass is 366 g/mol. The van der Waals surface area contributed by atoms with Crippen LogP contribution >= 0.6 is 0 Å². The SMILES string of the molecule is CCOC(=O)c1ccccc1NC(=O)c1ccc(C(=O)N2CCCC2)cc1. The number of esters is 1. The molecule has 1 aliphatic rings. The van der Waals surface area contributed by atoms with Gasteiger partial charge in [-0.1, -0.05) is 12.1 Å². The van der Waals surface area contributed by atoms with Crippen LogP contribution in [0.2, 0.25) is 0 Å². The number of ether oxygens (including phenoxy) is 1. The number of amides is 2. The highest BCUT2D eigenvalue weighted by Gasteiger charge is 2.20. The largest absolute Gasteiger partial charge is 0.462 e. The zero-order chi connectivity index (χ0) is 19.2. The molecule has 27 heavy (non-hydrogen) atoms. The summed E-state index contributed by atoms with van der Waals surface area (Å²) in [6, 6.07) is 13.2. The minimum absolute atomic E-state index is 0.00730. The molecule has 1 heterocycles. The van der Waals surface area contributed by atoms with Crippen molar-refractivity contribution in [2.75, 3.05) is 25.0 Å². The minimum Gasteiger partial charge on any atom is -0.462 e. The lowest BCUT2D eigenvalue weighted by atomic mass is 10.1. The zero-order valence-corrected chi connectivity index (χ0v) is 15.2. The van der Waals surface area contributed by atoms with Crippen LogP contribution in [0.5, 0.6) is 0 Å². The normalized spacial score (nSPS) is 13.3. The van der Waals surface area contributed by atoms with Gasteiger partial charge in [0.25, 0.3) is 11.8 Å². The Morgan fingerprint density at radius 2 is 1.59 bits per heavy atom. The molecule has 0 saturated carbocycles. The summed E-state index contributed by atoms with van der Waals surface area (Å²) in [5.74, 6) is -0.848. The Kier molecular flexibility index (Phi) is 5.86. The van der Waals surface area contributed by atoms with Gasteiger partial charge < -0.3 is 15.0 Å². The highest BCUT2D eigenvalue weighted by molar-refractivity contribution is 6.08. The van der Waals surface area contributed by atoms with Gasteiger partial charge in [0.15, 0.2) is 0 Å². The molecule has 6 nitrogen and oxygen atoms in total. The van der Waals surface area contributed by atoms with E-state index >= 15 is 0 Å². The Labute approximate surface area is 158 Å². The van der Waals surface area contributed by atoms with Gasteiger partial charge in [0.1, 0.15) is 0 Å². The summed E-state index contributed by atoms with van der Waals surface area (Å²) in [5, 5.41) is 2.73. The van der Waals surface area contributed by atoms with Gasteiger partial charge in [-0.25, -0.2) is 4.79 Å². The number of benzene rings is 2. The Balaban J connectivity index is 1.72. The van der Waals surface area contributed by atoms with Gasteiger partial charge in [-0.3, -0.25) is 9.59 Å². The molecule has 1 fully saturated rings. The second-order valence-electron chi connectivity index (χ2n) is 6.30. The summed E-state index contributed by atoms with van der Waals surface area (Å²) < 4.78 is 5.01. The van der Waals surface area contributed by atoms with Crippen LogP contribution in [-0.2, 0) is 4.74 Å². The number of nitrogens with one attached hydrogen (secondary N) is 1. The van der Waals surface area contributed by atoms with E-state index in [1.54, 1.807) is 55.5 Å². The maximum Gasteiger partial charge on any atom is 0.340 e. The van der Waals surface area contributed by atoms with E-state index in [-0.39, 0.29) is 18.4 Å². The second-order valence-corrected chi connectivity index (χ2v) is 6.30. The summed E-state index contributed by atoms with van der Waals surface area (Å²) in [6.45, 7) is 3.55. The van der Waals surface area contributed by atoms with Crippen molar-refractivity contribution in [2.24, 2.45) is 0 Å². The van der Waals surface area contributed by atoms with Gasteiger partial charge in [-0.15, -0.1) is 0 Å². The van der Waals surface area contributed by atoms with Gasteiger partial charge in [0.05, 0.1) is 17.9 Å². The van der Waals surface area contributed by atoms with Crippen LogP contribution in [0.3, 0.4) is 0 Å². The first-order valence-electron chi connectivity index (χ1n) is 9.07. The van der Waals surface area contributed by atoms with Gasteiger partial charge >= 0.3 is 5.97 Å². The molecule has 1 N–H and O–H groups in total. The molecule has 2 aromatic carbocycles. The van der Waals surface area contributed by atoms with Crippen molar-refractivity contribution in [3.63, 3.8) is 0 Å². The molecule has 2 aromatic rings. The van der Waals surface area contributed by atoms with Gasteiger partial charge in [-0.05, 0) is 56.2 Å². The first-order valence-corrected chi connectivity index (χ1v) is 9.07. The fraction of sp³-hybridized carbons (Fsp3) is 0.286. The van der Waals surface area contributed by atoms with Crippen LogP contribution in [0.4, 0.5) is 5.69 Å². The maximum atomic E-state index is 12.5. The lowest BCUT2D eigenvalue weighted by Gasteiger charge is -2.15. The van der Waals surface area contributed by atoms with E-state index < -0.39 is 5.97 Å². The standard InChI is InChI=1S/C21H22N2O4/c1-2-27-21(26)17-7-3-4-8-18(17)22-19(24)15-9-11-16(12-10-15)20(25)23-13-5-6-14-23/h3-4,7-12H,2,5-6,13-14H2,1H3,(H,22,24). The number of anilines is 1. The lowest BCUT2D eigenvalue weighted by Crippen LogP contribution is -2.27. The predicted molar refractivity (Wildman–Crippen MR) is 102 cm³/mol. The fourth-order valence-electron chi connectivity index (χ4n) is 3.04. The number of likely N-dealkylation sites (tertiary alicyclic amines) is 1. The Morgan fingerprint density at radius 1 is 0.963 bits per heavy atom. The third-order valence-corrected chi connectivity index (χ3v) is 4.46. The third-order valence-electron chi connectivity index (χ3n) is 4.46. The molecule has 6 heteroatoms. The molecular weight excluding hydrogens is 344 g/mol. The van der Waals surface area contributed by atoms with Gasteiger partial charge in [0.2, 0.25) is 0 Å². The molecule has 2 amide bonds. The quantitative estimate of drug-likeness (QED) is 0.824. The van der Waals surface area contributed by atoms with Crippen LogP contribution in [0.1, 0.15) is 50.8 Å². The zero-order valence-electron chi connectivity index (χ0n) is 15.2. The van der Waals surface area contributed by atoms with Crippen LogP contribution < -0.4 is 5.32 Å². The molecule has 0 radical (unpaired) electrons. The number of rotatable bonds is 5. The molecule has 0 atom stereocenters. The number of carbonyl (C=O) groups is 3. The molecule has 140 valence electrons. The Morgan fingerprint density at radius 3 is 2.26 bits per heavy atom. The smallest absolute Gasteiger partial charge is 0.340 e. The lowest BCUT2D eigenvalue weighted by molar-refractivity contribution is 0.0527. The summed E-state index contributed by atoms with van der Waals surface area (Å²) in [4.78, 5) is 38.7. The van der Waals surface area contributed by atoms with E-state index in [0.29, 0.717) is 22.4 Å². The van der Waals surface area contributed by atoms with Crippen LogP contribution in [0.15, 0.2) is 48.5 Å². The molecule has 0 aliphatic carbocycles. The molecule has 0 spiro atoms. The van der Waals surface area contributed by atoms with Gasteiger partial charge in [-0.2, -0.15) is 0 Å². The Hall–Kier alpha value is -3.15. The molecule has 0 unspecified atom stereocenters. The molecule has 0 bridgehead atoms. The maximum absolute atomic E-state index is 12.5. The molecule has 1 aliphatic heterocycles. The first-order chi connectivity index (χ1) is 13.1. The number of carbonyl (C=O) groups excluding carboxylic acids is 3. The summed E-state index contributed by atoms with van der Waals surface area (Å²) >= 11 is 0. The second kappa shape index (κ2) is 8.49. The predicted octanol–water partition coefficient (Wildman–Crippen LogP) is 3.35. The molecular formula is C21H22N2O4. The highest BCUT2D eigenvalue weighted by Crippen LogP contribution is 2.18. The van der Waals surface area contributed by atoms with Crippen molar-refractivity contribution >= 4 is 23.5 Å². The van der Waals surface area contributed by atoms with Crippen LogP contribution in [0, 0.1) is 0 Å². The summed E-state index contributed by atoms with van der Waals surface area (Å²) in [7, 11) is 0. The third kappa shape index (κ3) is 4.34. The Bertz CT molecular complexity index is 840. The minimum atomic E-state index is -0.486. The van der Waals surface area contributed by atoms with Crippen molar-refractivity contribution in [1.29, 1.82) is 0 Å². The highest BCUT2D eigenvalue weighted by atomic mass is 16.5. The van der Waals surface area contributed by atoms with E-state index in [4.69, 9.17) is 4.74 Å². The fourth-order valence-corrected chi connectivity index (χ4v) is 3.04. The summed E-state index contributed by atoms with van der Waals surface area (Å²) in [5.41, 5.74) is 1.67. The summed E-state index contributed by atoms with van der Waals surface area (Å²) in [6.07, 6.45) is 2.07. The molecule has 1 saturated heterocycles. The average molecular weight is 366 g/mol. The molecule has 3 rings (SSSR count). The van der Waals surface area contributed by atoms with Crippen molar-refractivity contribution in [3.05, 3.63) is 65.2 Å². The van der Waals surface area contributed by atoms with E-state index in [2.05, 4.69) is 5.32 Å². The van der Waals surface area contributed by atoms with Gasteiger partial charge in [0, 0.05) is 24.2 Å².